The van der Waals surface area contributed by atoms with Crippen LogP contribution in [0.3, 0.4) is 0 Å². The quantitative estimate of drug-likeness (QED) is 0.663. The molecule has 1 aromatic heterocycles. The molecule has 0 saturated heterocycles. The van der Waals surface area contributed by atoms with Crippen molar-refractivity contribution in [1.29, 1.82) is 0 Å². The van der Waals surface area contributed by atoms with Crippen LogP contribution < -0.4 is 4.74 Å². The topological polar surface area (TPSA) is 42.4 Å². The average molecular weight is 249 g/mol. The molecule has 0 unspecified atom stereocenters. The van der Waals surface area contributed by atoms with Gasteiger partial charge in [-0.1, -0.05) is 30.3 Å². The van der Waals surface area contributed by atoms with Gasteiger partial charge in [-0.05, 0) is 23.3 Å². The molecule has 1 aliphatic rings. The van der Waals surface area contributed by atoms with Crippen molar-refractivity contribution < 1.29 is 9.84 Å². The van der Waals surface area contributed by atoms with Crippen molar-refractivity contribution in [3.05, 3.63) is 54.2 Å². The standard InChI is InChI=1S/C16H11NO2/c18-14-7-3-6-12-15(14)17-8-13-11-5-2-1-4-10(11)9-19-16(12)13/h1-8,18H,9H2. The molecular weight excluding hydrogens is 238 g/mol. The van der Waals surface area contributed by atoms with Crippen molar-refractivity contribution in [3.8, 4) is 22.6 Å². The predicted molar refractivity (Wildman–Crippen MR) is 73.2 cm³/mol. The van der Waals surface area contributed by atoms with Gasteiger partial charge in [0.1, 0.15) is 23.6 Å². The number of phenolic OH excluding ortho intramolecular Hbond substituents is 1. The third kappa shape index (κ3) is 1.41. The van der Waals surface area contributed by atoms with Crippen LogP contribution in [0.1, 0.15) is 5.56 Å². The van der Waals surface area contributed by atoms with Crippen molar-refractivity contribution in [3.63, 3.8) is 0 Å². The highest BCUT2D eigenvalue weighted by Gasteiger charge is 2.20. The fourth-order valence-corrected chi connectivity index (χ4v) is 2.59. The minimum Gasteiger partial charge on any atom is -0.506 e. The number of hydrogen-bond acceptors (Lipinski definition) is 3. The number of nitrogens with zero attached hydrogens (tertiary/aromatic N) is 1. The van der Waals surface area contributed by atoms with Gasteiger partial charge >= 0.3 is 0 Å². The third-order valence-electron chi connectivity index (χ3n) is 3.51. The highest BCUT2D eigenvalue weighted by Crippen LogP contribution is 2.42. The molecule has 0 atom stereocenters. The molecule has 0 radical (unpaired) electrons. The summed E-state index contributed by atoms with van der Waals surface area (Å²) in [5.41, 5.74) is 3.89. The predicted octanol–water partition coefficient (Wildman–Crippen LogP) is 3.50. The molecule has 1 N–H and O–H groups in total. The summed E-state index contributed by atoms with van der Waals surface area (Å²) in [6.07, 6.45) is 1.77. The number of rotatable bonds is 0. The minimum atomic E-state index is 0.183. The molecule has 2 aromatic carbocycles. The first kappa shape index (κ1) is 10.4. The second kappa shape index (κ2) is 3.72. The van der Waals surface area contributed by atoms with Gasteiger partial charge in [0.25, 0.3) is 0 Å². The SMILES string of the molecule is Oc1cccc2c3c(cnc12)-c1ccccc1CO3. The molecule has 3 nitrogen and oxygen atoms in total. The van der Waals surface area contributed by atoms with Crippen molar-refractivity contribution in [2.24, 2.45) is 0 Å². The molecule has 0 spiro atoms. The molecule has 0 saturated carbocycles. The number of aromatic nitrogens is 1. The van der Waals surface area contributed by atoms with Crippen LogP contribution in [0.5, 0.6) is 11.5 Å². The van der Waals surface area contributed by atoms with Gasteiger partial charge in [-0.3, -0.25) is 4.98 Å². The molecule has 0 amide bonds. The summed E-state index contributed by atoms with van der Waals surface area (Å²) >= 11 is 0. The van der Waals surface area contributed by atoms with E-state index in [1.165, 1.54) is 0 Å². The number of para-hydroxylation sites is 1. The Morgan fingerprint density at radius 2 is 1.89 bits per heavy atom. The minimum absolute atomic E-state index is 0.183. The van der Waals surface area contributed by atoms with Gasteiger partial charge < -0.3 is 9.84 Å². The molecule has 92 valence electrons. The van der Waals surface area contributed by atoms with E-state index in [1.807, 2.05) is 24.3 Å². The van der Waals surface area contributed by atoms with Crippen LogP contribution >= 0.6 is 0 Å². The molecule has 19 heavy (non-hydrogen) atoms. The molecule has 0 bridgehead atoms. The molecular formula is C16H11NO2. The fourth-order valence-electron chi connectivity index (χ4n) is 2.59. The summed E-state index contributed by atoms with van der Waals surface area (Å²) in [5, 5.41) is 10.7. The lowest BCUT2D eigenvalue weighted by atomic mass is 9.97. The summed E-state index contributed by atoms with van der Waals surface area (Å²) in [6.45, 7) is 0.554. The normalized spacial score (nSPS) is 12.6. The van der Waals surface area contributed by atoms with Crippen LogP contribution in [0.2, 0.25) is 0 Å². The van der Waals surface area contributed by atoms with Gasteiger partial charge in [0.05, 0.1) is 0 Å². The first-order chi connectivity index (χ1) is 9.34. The van der Waals surface area contributed by atoms with E-state index >= 15 is 0 Å². The molecule has 3 heteroatoms. The highest BCUT2D eigenvalue weighted by molar-refractivity contribution is 5.96. The Hall–Kier alpha value is -2.55. The van der Waals surface area contributed by atoms with Crippen molar-refractivity contribution in [2.45, 2.75) is 6.61 Å². The van der Waals surface area contributed by atoms with Gasteiger partial charge in [0.15, 0.2) is 0 Å². The Kier molecular flexibility index (Phi) is 2.03. The lowest BCUT2D eigenvalue weighted by molar-refractivity contribution is 0.306. The number of ether oxygens (including phenoxy) is 1. The zero-order valence-electron chi connectivity index (χ0n) is 10.1. The van der Waals surface area contributed by atoms with Crippen molar-refractivity contribution in [1.82, 2.24) is 4.98 Å². The molecule has 4 rings (SSSR count). The number of phenols is 1. The summed E-state index contributed by atoms with van der Waals surface area (Å²) < 4.78 is 5.87. The number of pyridine rings is 1. The van der Waals surface area contributed by atoms with E-state index in [9.17, 15) is 5.11 Å². The van der Waals surface area contributed by atoms with Gasteiger partial charge in [-0.15, -0.1) is 0 Å². The molecule has 2 heterocycles. The molecule has 1 aliphatic heterocycles. The van der Waals surface area contributed by atoms with Crippen molar-refractivity contribution >= 4 is 10.9 Å². The lowest BCUT2D eigenvalue weighted by Crippen LogP contribution is -2.06. The maximum Gasteiger partial charge on any atom is 0.141 e. The molecule has 0 fully saturated rings. The summed E-state index contributed by atoms with van der Waals surface area (Å²) in [7, 11) is 0. The first-order valence-corrected chi connectivity index (χ1v) is 6.16. The van der Waals surface area contributed by atoms with E-state index in [0.29, 0.717) is 12.1 Å². The fraction of sp³-hybridized carbons (Fsp3) is 0.0625. The smallest absolute Gasteiger partial charge is 0.141 e. The molecule has 3 aromatic rings. The van der Waals surface area contributed by atoms with E-state index in [0.717, 1.165) is 27.8 Å². The Morgan fingerprint density at radius 3 is 2.84 bits per heavy atom. The van der Waals surface area contributed by atoms with E-state index < -0.39 is 0 Å². The van der Waals surface area contributed by atoms with Gasteiger partial charge in [-0.2, -0.15) is 0 Å². The summed E-state index contributed by atoms with van der Waals surface area (Å²) in [4.78, 5) is 4.36. The Labute approximate surface area is 110 Å². The van der Waals surface area contributed by atoms with Crippen LogP contribution in [-0.4, -0.2) is 10.1 Å². The number of fused-ring (bicyclic) bond motifs is 5. The van der Waals surface area contributed by atoms with Gasteiger partial charge in [0, 0.05) is 17.1 Å². The Bertz CT molecular complexity index is 796. The average Bonchev–Trinajstić information content (AvgIpc) is 2.47. The van der Waals surface area contributed by atoms with Crippen LogP contribution in [0, 0.1) is 0 Å². The number of hydrogen-bond donors (Lipinski definition) is 1. The van der Waals surface area contributed by atoms with Gasteiger partial charge in [0.2, 0.25) is 0 Å². The Morgan fingerprint density at radius 1 is 1.00 bits per heavy atom. The summed E-state index contributed by atoms with van der Waals surface area (Å²) in [5.74, 6) is 0.988. The van der Waals surface area contributed by atoms with Crippen LogP contribution in [0.15, 0.2) is 48.7 Å². The number of aromatic hydroxyl groups is 1. The van der Waals surface area contributed by atoms with E-state index in [-0.39, 0.29) is 5.75 Å². The van der Waals surface area contributed by atoms with Crippen LogP contribution in [0.4, 0.5) is 0 Å². The zero-order chi connectivity index (χ0) is 12.8. The zero-order valence-corrected chi connectivity index (χ0v) is 10.1. The van der Waals surface area contributed by atoms with Crippen LogP contribution in [-0.2, 0) is 6.61 Å². The first-order valence-electron chi connectivity index (χ1n) is 6.16. The maximum absolute atomic E-state index is 9.85. The second-order valence-corrected chi connectivity index (χ2v) is 4.62. The van der Waals surface area contributed by atoms with Crippen molar-refractivity contribution in [2.75, 3.05) is 0 Å². The molecule has 0 aliphatic carbocycles. The largest absolute Gasteiger partial charge is 0.506 e. The van der Waals surface area contributed by atoms with Gasteiger partial charge in [-0.25, -0.2) is 0 Å². The van der Waals surface area contributed by atoms with E-state index in [4.69, 9.17) is 4.74 Å². The monoisotopic (exact) mass is 249 g/mol. The van der Waals surface area contributed by atoms with Crippen LogP contribution in [0.25, 0.3) is 22.0 Å². The second-order valence-electron chi connectivity index (χ2n) is 4.62. The highest BCUT2D eigenvalue weighted by atomic mass is 16.5. The third-order valence-corrected chi connectivity index (χ3v) is 3.51. The summed E-state index contributed by atoms with van der Waals surface area (Å²) in [6, 6.07) is 13.5. The van der Waals surface area contributed by atoms with E-state index in [1.54, 1.807) is 12.3 Å². The Balaban J connectivity index is 2.09. The van der Waals surface area contributed by atoms with E-state index in [2.05, 4.69) is 17.1 Å². The lowest BCUT2D eigenvalue weighted by Gasteiger charge is -2.21. The number of benzene rings is 2. The maximum atomic E-state index is 9.85.